The number of rotatable bonds is 2. The molecule has 0 bridgehead atoms. The Balaban J connectivity index is 3.27. The number of nitrogens with two attached hydrogens (primary N) is 1. The molecule has 1 rings (SSSR count). The fourth-order valence-electron chi connectivity index (χ4n) is 1.18. The molecule has 5 nitrogen and oxygen atoms in total. The van der Waals surface area contributed by atoms with E-state index in [1.807, 2.05) is 0 Å². The molecule has 5 heteroatoms. The molecule has 0 aliphatic carbocycles. The van der Waals surface area contributed by atoms with Gasteiger partial charge in [-0.3, -0.25) is 4.79 Å². The number of aromatic carboxylic acids is 1. The van der Waals surface area contributed by atoms with Gasteiger partial charge in [-0.2, -0.15) is 0 Å². The van der Waals surface area contributed by atoms with Gasteiger partial charge in [-0.15, -0.1) is 0 Å². The fourth-order valence-corrected chi connectivity index (χ4v) is 1.18. The quantitative estimate of drug-likeness (QED) is 0.699. The number of carboxylic acid groups (broad SMARTS) is 1. The van der Waals surface area contributed by atoms with Gasteiger partial charge in [-0.05, 0) is 12.1 Å². The SMILES string of the molecule is CN(C)C(=O)c1cccc(C(=O)O)c1N. The Morgan fingerprint density at radius 1 is 1.27 bits per heavy atom. The van der Waals surface area contributed by atoms with Crippen LogP contribution in [-0.2, 0) is 0 Å². The van der Waals surface area contributed by atoms with Crippen LogP contribution in [0.3, 0.4) is 0 Å². The second kappa shape index (κ2) is 4.00. The molecule has 1 aromatic rings. The number of nitrogen functional groups attached to an aromatic ring is 1. The van der Waals surface area contributed by atoms with Crippen LogP contribution in [0, 0.1) is 0 Å². The van der Waals surface area contributed by atoms with Crippen molar-refractivity contribution in [1.29, 1.82) is 0 Å². The molecule has 0 radical (unpaired) electrons. The van der Waals surface area contributed by atoms with E-state index in [4.69, 9.17) is 10.8 Å². The van der Waals surface area contributed by atoms with Crippen molar-refractivity contribution in [2.45, 2.75) is 0 Å². The summed E-state index contributed by atoms with van der Waals surface area (Å²) < 4.78 is 0. The second-order valence-electron chi connectivity index (χ2n) is 3.27. The number of para-hydroxylation sites is 1. The van der Waals surface area contributed by atoms with E-state index in [2.05, 4.69) is 0 Å². The second-order valence-corrected chi connectivity index (χ2v) is 3.27. The smallest absolute Gasteiger partial charge is 0.337 e. The number of carbonyl (C=O) groups excluding carboxylic acids is 1. The van der Waals surface area contributed by atoms with Gasteiger partial charge in [0.25, 0.3) is 5.91 Å². The molecule has 0 heterocycles. The number of carbonyl (C=O) groups is 2. The van der Waals surface area contributed by atoms with Gasteiger partial charge in [-0.25, -0.2) is 4.79 Å². The third-order valence-corrected chi connectivity index (χ3v) is 1.97. The predicted octanol–water partition coefficient (Wildman–Crippen LogP) is 0.669. The number of amides is 1. The van der Waals surface area contributed by atoms with Crippen LogP contribution in [-0.4, -0.2) is 36.0 Å². The van der Waals surface area contributed by atoms with Gasteiger partial charge in [0.1, 0.15) is 0 Å². The summed E-state index contributed by atoms with van der Waals surface area (Å²) in [5, 5.41) is 8.81. The van der Waals surface area contributed by atoms with Crippen molar-refractivity contribution in [2.75, 3.05) is 19.8 Å². The molecule has 0 aliphatic heterocycles. The number of hydrogen-bond acceptors (Lipinski definition) is 3. The molecule has 15 heavy (non-hydrogen) atoms. The van der Waals surface area contributed by atoms with Gasteiger partial charge in [0, 0.05) is 14.1 Å². The first-order valence-corrected chi connectivity index (χ1v) is 4.28. The first-order chi connectivity index (χ1) is 6.95. The molecule has 0 saturated carbocycles. The normalized spacial score (nSPS) is 9.73. The molecule has 0 atom stereocenters. The van der Waals surface area contributed by atoms with Crippen LogP contribution >= 0.6 is 0 Å². The number of benzene rings is 1. The summed E-state index contributed by atoms with van der Waals surface area (Å²) >= 11 is 0. The van der Waals surface area contributed by atoms with Gasteiger partial charge in [0.05, 0.1) is 16.8 Å². The van der Waals surface area contributed by atoms with Crippen molar-refractivity contribution in [1.82, 2.24) is 4.90 Å². The van der Waals surface area contributed by atoms with Crippen LogP contribution in [0.2, 0.25) is 0 Å². The van der Waals surface area contributed by atoms with Gasteiger partial charge in [0.2, 0.25) is 0 Å². The molecule has 0 spiro atoms. The minimum Gasteiger partial charge on any atom is -0.478 e. The van der Waals surface area contributed by atoms with Gasteiger partial charge >= 0.3 is 5.97 Å². The lowest BCUT2D eigenvalue weighted by atomic mass is 10.1. The minimum absolute atomic E-state index is 0.00343. The number of nitrogens with zero attached hydrogens (tertiary/aromatic N) is 1. The highest BCUT2D eigenvalue weighted by Gasteiger charge is 2.16. The van der Waals surface area contributed by atoms with E-state index >= 15 is 0 Å². The molecule has 0 fully saturated rings. The zero-order valence-electron chi connectivity index (χ0n) is 8.52. The fraction of sp³-hybridized carbons (Fsp3) is 0.200. The average Bonchev–Trinajstić information content (AvgIpc) is 2.16. The highest BCUT2D eigenvalue weighted by molar-refractivity contribution is 6.04. The molecule has 3 N–H and O–H groups in total. The van der Waals surface area contributed by atoms with E-state index in [-0.39, 0.29) is 22.7 Å². The van der Waals surface area contributed by atoms with E-state index in [0.717, 1.165) is 0 Å². The lowest BCUT2D eigenvalue weighted by Crippen LogP contribution is -2.23. The summed E-state index contributed by atoms with van der Waals surface area (Å²) in [7, 11) is 3.16. The van der Waals surface area contributed by atoms with Crippen molar-refractivity contribution in [3.8, 4) is 0 Å². The maximum atomic E-state index is 11.6. The maximum absolute atomic E-state index is 11.6. The average molecular weight is 208 g/mol. The number of carboxylic acids is 1. The van der Waals surface area contributed by atoms with Crippen LogP contribution in [0.5, 0.6) is 0 Å². The Bertz CT molecular complexity index is 413. The summed E-state index contributed by atoms with van der Waals surface area (Å²) in [6.07, 6.45) is 0. The van der Waals surface area contributed by atoms with Crippen LogP contribution < -0.4 is 5.73 Å². The predicted molar refractivity (Wildman–Crippen MR) is 55.8 cm³/mol. The lowest BCUT2D eigenvalue weighted by Gasteiger charge is -2.13. The first kappa shape index (κ1) is 11.0. The van der Waals surface area contributed by atoms with E-state index in [1.165, 1.54) is 23.1 Å². The molecule has 0 unspecified atom stereocenters. The van der Waals surface area contributed by atoms with Crippen LogP contribution in [0.4, 0.5) is 5.69 Å². The summed E-state index contributed by atoms with van der Waals surface area (Å²) in [5.74, 6) is -1.45. The number of hydrogen-bond donors (Lipinski definition) is 2. The van der Waals surface area contributed by atoms with Crippen molar-refractivity contribution in [3.63, 3.8) is 0 Å². The largest absolute Gasteiger partial charge is 0.478 e. The summed E-state index contributed by atoms with van der Waals surface area (Å²) in [6.45, 7) is 0. The molecule has 0 aliphatic rings. The van der Waals surface area contributed by atoms with Crippen LogP contribution in [0.1, 0.15) is 20.7 Å². The lowest BCUT2D eigenvalue weighted by molar-refractivity contribution is 0.0698. The Hall–Kier alpha value is -2.04. The molecule has 80 valence electrons. The van der Waals surface area contributed by atoms with Gasteiger partial charge in [-0.1, -0.05) is 6.07 Å². The number of anilines is 1. The summed E-state index contributed by atoms with van der Waals surface area (Å²) in [6, 6.07) is 4.37. The summed E-state index contributed by atoms with van der Waals surface area (Å²) in [5.41, 5.74) is 5.75. The Labute approximate surface area is 87.1 Å². The highest BCUT2D eigenvalue weighted by Crippen LogP contribution is 2.18. The molecule has 0 saturated heterocycles. The molecular weight excluding hydrogens is 196 g/mol. The van der Waals surface area contributed by atoms with Crippen molar-refractivity contribution in [3.05, 3.63) is 29.3 Å². The first-order valence-electron chi connectivity index (χ1n) is 4.28. The topological polar surface area (TPSA) is 83.6 Å². The standard InChI is InChI=1S/C10H12N2O3/c1-12(2)9(13)6-4-3-5-7(8(6)11)10(14)15/h3-5H,11H2,1-2H3,(H,14,15). The third kappa shape index (κ3) is 2.07. The Morgan fingerprint density at radius 2 is 1.80 bits per heavy atom. The van der Waals surface area contributed by atoms with Gasteiger partial charge in [0.15, 0.2) is 0 Å². The zero-order chi connectivity index (χ0) is 11.6. The molecule has 1 aromatic carbocycles. The summed E-state index contributed by atoms with van der Waals surface area (Å²) in [4.78, 5) is 23.7. The van der Waals surface area contributed by atoms with Crippen LogP contribution in [0.25, 0.3) is 0 Å². The third-order valence-electron chi connectivity index (χ3n) is 1.97. The van der Waals surface area contributed by atoms with Gasteiger partial charge < -0.3 is 15.7 Å². The van der Waals surface area contributed by atoms with E-state index in [1.54, 1.807) is 14.1 Å². The van der Waals surface area contributed by atoms with E-state index in [9.17, 15) is 9.59 Å². The Kier molecular flexibility index (Phi) is 2.94. The highest BCUT2D eigenvalue weighted by atomic mass is 16.4. The van der Waals surface area contributed by atoms with E-state index in [0.29, 0.717) is 0 Å². The van der Waals surface area contributed by atoms with Crippen molar-refractivity contribution in [2.24, 2.45) is 0 Å². The monoisotopic (exact) mass is 208 g/mol. The van der Waals surface area contributed by atoms with Crippen molar-refractivity contribution < 1.29 is 14.7 Å². The maximum Gasteiger partial charge on any atom is 0.337 e. The molecular formula is C10H12N2O3. The van der Waals surface area contributed by atoms with E-state index < -0.39 is 5.97 Å². The molecule has 0 aromatic heterocycles. The molecule has 1 amide bonds. The Morgan fingerprint density at radius 3 is 2.27 bits per heavy atom. The minimum atomic E-state index is -1.14. The zero-order valence-corrected chi connectivity index (χ0v) is 8.52. The van der Waals surface area contributed by atoms with Crippen molar-refractivity contribution >= 4 is 17.6 Å². The van der Waals surface area contributed by atoms with Crippen LogP contribution in [0.15, 0.2) is 18.2 Å².